The van der Waals surface area contributed by atoms with Crippen LogP contribution in [0.25, 0.3) is 17.3 Å². The van der Waals surface area contributed by atoms with Gasteiger partial charge < -0.3 is 14.2 Å². The smallest absolute Gasteiger partial charge is 0.387 e. The van der Waals surface area contributed by atoms with Crippen LogP contribution in [0.15, 0.2) is 53.9 Å². The van der Waals surface area contributed by atoms with E-state index in [2.05, 4.69) is 15.0 Å². The number of halogens is 2. The van der Waals surface area contributed by atoms with Crippen LogP contribution in [0.1, 0.15) is 5.56 Å². The Morgan fingerprint density at radius 2 is 1.87 bits per heavy atom. The van der Waals surface area contributed by atoms with Crippen molar-refractivity contribution in [3.63, 3.8) is 0 Å². The summed E-state index contributed by atoms with van der Waals surface area (Å²) in [6.07, 6.45) is 2.84. The lowest BCUT2D eigenvalue weighted by Gasteiger charge is -2.10. The van der Waals surface area contributed by atoms with Crippen LogP contribution in [0, 0.1) is 0 Å². The number of ether oxygens (including phenoxy) is 3. The van der Waals surface area contributed by atoms with Gasteiger partial charge in [-0.25, -0.2) is 4.98 Å². The minimum atomic E-state index is -2.95. The number of anilines is 1. The molecule has 0 radical (unpaired) electrons. The molecule has 0 aliphatic heterocycles. The van der Waals surface area contributed by atoms with Crippen molar-refractivity contribution < 1.29 is 27.8 Å². The van der Waals surface area contributed by atoms with E-state index >= 15 is 0 Å². The zero-order valence-electron chi connectivity index (χ0n) is 16.1. The number of carbonyl (C=O) groups excluding carboxylic acids is 1. The van der Waals surface area contributed by atoms with Crippen molar-refractivity contribution in [2.75, 3.05) is 19.5 Å². The van der Waals surface area contributed by atoms with Gasteiger partial charge in [0.15, 0.2) is 16.6 Å². The van der Waals surface area contributed by atoms with Gasteiger partial charge in [0.25, 0.3) is 0 Å². The predicted molar refractivity (Wildman–Crippen MR) is 111 cm³/mol. The highest BCUT2D eigenvalue weighted by atomic mass is 32.1. The van der Waals surface area contributed by atoms with Crippen LogP contribution in [0.2, 0.25) is 0 Å². The molecular formula is C21H18F2N2O4S. The third kappa shape index (κ3) is 5.32. The molecule has 1 amide bonds. The highest BCUT2D eigenvalue weighted by Gasteiger charge is 2.12. The average molecular weight is 432 g/mol. The Bertz CT molecular complexity index is 1050. The summed E-state index contributed by atoms with van der Waals surface area (Å²) in [4.78, 5) is 16.6. The number of para-hydroxylation sites is 1. The van der Waals surface area contributed by atoms with E-state index < -0.39 is 6.61 Å². The maximum Gasteiger partial charge on any atom is 0.387 e. The van der Waals surface area contributed by atoms with E-state index in [4.69, 9.17) is 9.47 Å². The second-order valence-electron chi connectivity index (χ2n) is 5.85. The Morgan fingerprint density at radius 3 is 2.60 bits per heavy atom. The molecule has 0 aliphatic rings. The van der Waals surface area contributed by atoms with Gasteiger partial charge in [-0.2, -0.15) is 8.78 Å². The summed E-state index contributed by atoms with van der Waals surface area (Å²) in [6, 6.07) is 11.8. The first-order valence-electron chi connectivity index (χ1n) is 8.71. The van der Waals surface area contributed by atoms with Crippen LogP contribution in [0.3, 0.4) is 0 Å². The molecule has 30 heavy (non-hydrogen) atoms. The molecule has 0 spiro atoms. The van der Waals surface area contributed by atoms with Crippen LogP contribution in [0.5, 0.6) is 17.2 Å². The zero-order valence-corrected chi connectivity index (χ0v) is 16.9. The van der Waals surface area contributed by atoms with Crippen LogP contribution in [0.4, 0.5) is 13.9 Å². The molecule has 0 bridgehead atoms. The van der Waals surface area contributed by atoms with E-state index in [1.165, 1.54) is 48.8 Å². The number of rotatable bonds is 8. The van der Waals surface area contributed by atoms with E-state index in [-0.39, 0.29) is 17.4 Å². The van der Waals surface area contributed by atoms with Gasteiger partial charge in [-0.1, -0.05) is 18.2 Å². The number of aromatic nitrogens is 1. The van der Waals surface area contributed by atoms with Crippen molar-refractivity contribution in [2.45, 2.75) is 6.61 Å². The Morgan fingerprint density at radius 1 is 1.10 bits per heavy atom. The summed E-state index contributed by atoms with van der Waals surface area (Å²) >= 11 is 1.29. The SMILES string of the molecule is COc1cc(/C=C/C(=O)Nc2nc(-c3ccccc3OC)cs2)ccc1OC(F)F. The molecule has 3 aromatic rings. The molecule has 1 heterocycles. The first kappa shape index (κ1) is 21.3. The molecule has 156 valence electrons. The molecule has 0 saturated heterocycles. The van der Waals surface area contributed by atoms with Gasteiger partial charge in [-0.05, 0) is 35.9 Å². The molecular weight excluding hydrogens is 414 g/mol. The van der Waals surface area contributed by atoms with Crippen LogP contribution >= 0.6 is 11.3 Å². The Hall–Kier alpha value is -3.46. The molecule has 3 rings (SSSR count). The third-order valence-electron chi connectivity index (χ3n) is 3.95. The fraction of sp³-hybridized carbons (Fsp3) is 0.143. The maximum absolute atomic E-state index is 12.4. The lowest BCUT2D eigenvalue weighted by atomic mass is 10.1. The van der Waals surface area contributed by atoms with Gasteiger partial charge in [0.1, 0.15) is 5.75 Å². The number of benzene rings is 2. The number of alkyl halides is 2. The van der Waals surface area contributed by atoms with E-state index in [0.29, 0.717) is 22.1 Å². The van der Waals surface area contributed by atoms with Crippen LogP contribution in [-0.4, -0.2) is 31.7 Å². The summed E-state index contributed by atoms with van der Waals surface area (Å²) in [7, 11) is 2.93. The molecule has 6 nitrogen and oxygen atoms in total. The van der Waals surface area contributed by atoms with E-state index in [0.717, 1.165) is 5.56 Å². The van der Waals surface area contributed by atoms with Crippen molar-refractivity contribution in [3.8, 4) is 28.5 Å². The molecule has 0 saturated carbocycles. The topological polar surface area (TPSA) is 69.7 Å². The van der Waals surface area contributed by atoms with Gasteiger partial charge in [-0.3, -0.25) is 10.1 Å². The molecule has 0 fully saturated rings. The number of amides is 1. The number of nitrogens with one attached hydrogen (secondary N) is 1. The fourth-order valence-electron chi connectivity index (χ4n) is 2.61. The summed E-state index contributed by atoms with van der Waals surface area (Å²) in [5, 5.41) is 4.95. The quantitative estimate of drug-likeness (QED) is 0.503. The van der Waals surface area contributed by atoms with Crippen molar-refractivity contribution in [2.24, 2.45) is 0 Å². The molecule has 0 aliphatic carbocycles. The van der Waals surface area contributed by atoms with Crippen LogP contribution in [-0.2, 0) is 4.79 Å². The lowest BCUT2D eigenvalue weighted by Crippen LogP contribution is -2.07. The second-order valence-corrected chi connectivity index (χ2v) is 6.71. The van der Waals surface area contributed by atoms with Gasteiger partial charge in [0.05, 0.1) is 19.9 Å². The Balaban J connectivity index is 1.67. The number of hydrogen-bond donors (Lipinski definition) is 1. The van der Waals surface area contributed by atoms with Gasteiger partial charge in [0, 0.05) is 17.0 Å². The average Bonchev–Trinajstić information content (AvgIpc) is 3.20. The number of hydrogen-bond acceptors (Lipinski definition) is 6. The molecule has 1 N–H and O–H groups in total. The molecule has 9 heteroatoms. The van der Waals surface area contributed by atoms with Crippen LogP contribution < -0.4 is 19.5 Å². The standard InChI is InChI=1S/C21H18F2N2O4S/c1-27-16-6-4-3-5-14(16)15-12-30-21(24-15)25-19(26)10-8-13-7-9-17(29-20(22)23)18(11-13)28-2/h3-12,20H,1-2H3,(H,24,25,26)/b10-8+. The van der Waals surface area contributed by atoms with Gasteiger partial charge >= 0.3 is 6.61 Å². The minimum Gasteiger partial charge on any atom is -0.496 e. The summed E-state index contributed by atoms with van der Waals surface area (Å²) < 4.78 is 39.5. The highest BCUT2D eigenvalue weighted by Crippen LogP contribution is 2.32. The predicted octanol–water partition coefficient (Wildman–Crippen LogP) is 5.08. The zero-order chi connectivity index (χ0) is 21.5. The first-order valence-corrected chi connectivity index (χ1v) is 9.59. The van der Waals surface area contributed by atoms with E-state index in [1.807, 2.05) is 29.6 Å². The van der Waals surface area contributed by atoms with E-state index in [1.54, 1.807) is 7.11 Å². The van der Waals surface area contributed by atoms with Gasteiger partial charge in [0.2, 0.25) is 5.91 Å². The monoisotopic (exact) mass is 432 g/mol. The second kappa shape index (κ2) is 9.84. The highest BCUT2D eigenvalue weighted by molar-refractivity contribution is 7.14. The fourth-order valence-corrected chi connectivity index (χ4v) is 3.32. The normalized spacial score (nSPS) is 11.0. The third-order valence-corrected chi connectivity index (χ3v) is 4.71. The van der Waals surface area contributed by atoms with E-state index in [9.17, 15) is 13.6 Å². The number of carbonyl (C=O) groups is 1. The summed E-state index contributed by atoms with van der Waals surface area (Å²) in [5.74, 6) is 0.358. The van der Waals surface area contributed by atoms with Crippen molar-refractivity contribution in [1.82, 2.24) is 4.98 Å². The molecule has 1 aromatic heterocycles. The minimum absolute atomic E-state index is 0.0826. The number of nitrogens with zero attached hydrogens (tertiary/aromatic N) is 1. The molecule has 0 atom stereocenters. The Labute approximate surface area is 175 Å². The van der Waals surface area contributed by atoms with Crippen molar-refractivity contribution in [1.29, 1.82) is 0 Å². The number of methoxy groups -OCH3 is 2. The van der Waals surface area contributed by atoms with Gasteiger partial charge in [-0.15, -0.1) is 11.3 Å². The lowest BCUT2D eigenvalue weighted by molar-refractivity contribution is -0.111. The summed E-state index contributed by atoms with van der Waals surface area (Å²) in [6.45, 7) is -2.95. The summed E-state index contributed by atoms with van der Waals surface area (Å²) in [5.41, 5.74) is 2.10. The number of thiazole rings is 1. The Kier molecular flexibility index (Phi) is 6.97. The van der Waals surface area contributed by atoms with Crippen molar-refractivity contribution in [3.05, 3.63) is 59.5 Å². The first-order chi connectivity index (χ1) is 14.5. The maximum atomic E-state index is 12.4. The largest absolute Gasteiger partial charge is 0.496 e. The molecule has 2 aromatic carbocycles. The molecule has 0 unspecified atom stereocenters. The van der Waals surface area contributed by atoms with Crippen molar-refractivity contribution >= 4 is 28.5 Å².